The Balaban J connectivity index is 2.59. The van der Waals surface area contributed by atoms with Crippen LogP contribution in [0.3, 0.4) is 0 Å². The lowest BCUT2D eigenvalue weighted by molar-refractivity contribution is 0.628. The van der Waals surface area contributed by atoms with E-state index in [-0.39, 0.29) is 10.6 Å². The number of nitrogens with one attached hydrogen (secondary N) is 1. The second kappa shape index (κ2) is 4.50. The molecule has 0 radical (unpaired) electrons. The van der Waals surface area contributed by atoms with E-state index in [1.807, 2.05) is 22.6 Å². The fourth-order valence-electron chi connectivity index (χ4n) is 1.20. The van der Waals surface area contributed by atoms with Crippen LogP contribution in [0, 0.1) is 9.39 Å². The molecule has 82 valence electrons. The zero-order chi connectivity index (χ0) is 11.7. The van der Waals surface area contributed by atoms with Gasteiger partial charge in [-0.25, -0.2) is 9.37 Å². The van der Waals surface area contributed by atoms with Crippen molar-refractivity contribution in [2.75, 3.05) is 0 Å². The van der Waals surface area contributed by atoms with Gasteiger partial charge < -0.3 is 4.98 Å². The van der Waals surface area contributed by atoms with E-state index in [1.54, 1.807) is 0 Å². The van der Waals surface area contributed by atoms with E-state index < -0.39 is 5.82 Å². The number of halogens is 3. The van der Waals surface area contributed by atoms with Crippen LogP contribution in [0.4, 0.5) is 4.39 Å². The van der Waals surface area contributed by atoms with Gasteiger partial charge in [-0.2, -0.15) is 0 Å². The van der Waals surface area contributed by atoms with E-state index in [2.05, 4.69) is 9.97 Å². The fourth-order valence-corrected chi connectivity index (χ4v) is 1.73. The molecular formula is C10H5ClFIN2O. The molecule has 1 N–H and O–H groups in total. The lowest BCUT2D eigenvalue weighted by Crippen LogP contribution is -2.11. The van der Waals surface area contributed by atoms with Crippen LogP contribution in [-0.4, -0.2) is 9.97 Å². The quantitative estimate of drug-likeness (QED) is 0.804. The second-order valence-corrected chi connectivity index (χ2v) is 4.60. The number of rotatable bonds is 1. The van der Waals surface area contributed by atoms with Crippen molar-refractivity contribution < 1.29 is 4.39 Å². The summed E-state index contributed by atoms with van der Waals surface area (Å²) in [5.74, 6) is -0.1000. The molecule has 0 aliphatic carbocycles. The molecule has 0 unspecified atom stereocenters. The lowest BCUT2D eigenvalue weighted by Gasteiger charge is -2.03. The smallest absolute Gasteiger partial charge is 0.264 e. The molecule has 3 nitrogen and oxygen atoms in total. The first-order chi connectivity index (χ1) is 7.58. The van der Waals surface area contributed by atoms with Gasteiger partial charge in [0.25, 0.3) is 5.56 Å². The second-order valence-electron chi connectivity index (χ2n) is 3.03. The number of hydrogen-bond donors (Lipinski definition) is 1. The largest absolute Gasteiger partial charge is 0.306 e. The van der Waals surface area contributed by atoms with Crippen molar-refractivity contribution in [1.82, 2.24) is 9.97 Å². The molecule has 0 saturated carbocycles. The Labute approximate surface area is 109 Å². The van der Waals surface area contributed by atoms with Gasteiger partial charge in [0.2, 0.25) is 0 Å². The molecule has 0 spiro atoms. The minimum atomic E-state index is -0.429. The Morgan fingerprint density at radius 3 is 2.81 bits per heavy atom. The number of H-pyrrole nitrogens is 1. The Kier molecular flexibility index (Phi) is 3.25. The number of aromatic nitrogens is 2. The van der Waals surface area contributed by atoms with Gasteiger partial charge in [0, 0.05) is 11.8 Å². The van der Waals surface area contributed by atoms with Crippen LogP contribution in [0.2, 0.25) is 5.02 Å². The lowest BCUT2D eigenvalue weighted by atomic mass is 10.2. The van der Waals surface area contributed by atoms with E-state index in [0.717, 1.165) is 0 Å². The molecule has 2 aromatic rings. The van der Waals surface area contributed by atoms with Crippen molar-refractivity contribution in [1.29, 1.82) is 0 Å². The number of nitrogens with zero attached hydrogens (tertiary/aromatic N) is 1. The monoisotopic (exact) mass is 350 g/mol. The van der Waals surface area contributed by atoms with Crippen molar-refractivity contribution in [3.63, 3.8) is 0 Å². The molecule has 1 aromatic carbocycles. The van der Waals surface area contributed by atoms with E-state index in [4.69, 9.17) is 11.6 Å². The number of benzene rings is 1. The molecule has 0 amide bonds. The van der Waals surface area contributed by atoms with Gasteiger partial charge in [-0.15, -0.1) is 0 Å². The molecule has 1 aromatic heterocycles. The van der Waals surface area contributed by atoms with Crippen LogP contribution < -0.4 is 5.56 Å². The number of aromatic amines is 1. The van der Waals surface area contributed by atoms with Crippen molar-refractivity contribution in [2.24, 2.45) is 0 Å². The highest BCUT2D eigenvalue weighted by Crippen LogP contribution is 2.24. The maximum atomic E-state index is 12.8. The summed E-state index contributed by atoms with van der Waals surface area (Å²) >= 11 is 7.73. The molecular weight excluding hydrogens is 345 g/mol. The van der Waals surface area contributed by atoms with Gasteiger partial charge in [0.05, 0.1) is 8.59 Å². The van der Waals surface area contributed by atoms with Crippen LogP contribution >= 0.6 is 34.2 Å². The summed E-state index contributed by atoms with van der Waals surface area (Å²) in [6.07, 6.45) is 1.44. The van der Waals surface area contributed by atoms with E-state index in [0.29, 0.717) is 15.0 Å². The molecule has 0 saturated heterocycles. The molecule has 0 aliphatic heterocycles. The van der Waals surface area contributed by atoms with Gasteiger partial charge in [0.15, 0.2) is 0 Å². The summed E-state index contributed by atoms with van der Waals surface area (Å²) < 4.78 is 13.3. The SMILES string of the molecule is O=c1[nH]c(-c2ccc(F)cc2Cl)ncc1I. The van der Waals surface area contributed by atoms with E-state index >= 15 is 0 Å². The van der Waals surface area contributed by atoms with Crippen molar-refractivity contribution in [3.8, 4) is 11.4 Å². The molecule has 2 rings (SSSR count). The highest BCUT2D eigenvalue weighted by Gasteiger charge is 2.07. The summed E-state index contributed by atoms with van der Waals surface area (Å²) in [6, 6.07) is 3.91. The summed E-state index contributed by atoms with van der Waals surface area (Å²) in [6.45, 7) is 0. The molecule has 6 heteroatoms. The van der Waals surface area contributed by atoms with Crippen LogP contribution in [-0.2, 0) is 0 Å². The predicted octanol–water partition coefficient (Wildman–Crippen LogP) is 2.83. The zero-order valence-electron chi connectivity index (χ0n) is 7.80. The highest BCUT2D eigenvalue weighted by molar-refractivity contribution is 14.1. The van der Waals surface area contributed by atoms with Crippen molar-refractivity contribution in [2.45, 2.75) is 0 Å². The molecule has 0 atom stereocenters. The molecule has 0 aliphatic rings. The summed E-state index contributed by atoms with van der Waals surface area (Å²) in [7, 11) is 0. The minimum absolute atomic E-state index is 0.212. The molecule has 0 fully saturated rings. The van der Waals surface area contributed by atoms with Crippen molar-refractivity contribution in [3.05, 3.63) is 49.2 Å². The summed E-state index contributed by atoms with van der Waals surface area (Å²) in [4.78, 5) is 18.0. The van der Waals surface area contributed by atoms with E-state index in [9.17, 15) is 9.18 Å². The van der Waals surface area contributed by atoms with Crippen LogP contribution in [0.25, 0.3) is 11.4 Å². The normalized spacial score (nSPS) is 10.4. The van der Waals surface area contributed by atoms with Gasteiger partial charge in [-0.1, -0.05) is 11.6 Å². The third kappa shape index (κ3) is 2.25. The van der Waals surface area contributed by atoms with Crippen molar-refractivity contribution >= 4 is 34.2 Å². The topological polar surface area (TPSA) is 45.8 Å². The van der Waals surface area contributed by atoms with Crippen LogP contribution in [0.1, 0.15) is 0 Å². The average molecular weight is 351 g/mol. The van der Waals surface area contributed by atoms with Crippen LogP contribution in [0.5, 0.6) is 0 Å². The third-order valence-electron chi connectivity index (χ3n) is 1.94. The van der Waals surface area contributed by atoms with Crippen LogP contribution in [0.15, 0.2) is 29.2 Å². The number of hydrogen-bond acceptors (Lipinski definition) is 2. The zero-order valence-corrected chi connectivity index (χ0v) is 10.7. The first-order valence-corrected chi connectivity index (χ1v) is 5.74. The van der Waals surface area contributed by atoms with E-state index in [1.165, 1.54) is 24.4 Å². The van der Waals surface area contributed by atoms with Gasteiger partial charge in [0.1, 0.15) is 11.6 Å². The average Bonchev–Trinajstić information content (AvgIpc) is 2.22. The van der Waals surface area contributed by atoms with Gasteiger partial charge in [-0.05, 0) is 40.8 Å². The standard InChI is InChI=1S/C10H5ClFIN2O/c11-7-3-5(12)1-2-6(7)9-14-4-8(13)10(16)15-9/h1-4H,(H,14,15,16). The third-order valence-corrected chi connectivity index (χ3v) is 3.02. The minimum Gasteiger partial charge on any atom is -0.306 e. The maximum absolute atomic E-state index is 12.8. The maximum Gasteiger partial charge on any atom is 0.264 e. The first kappa shape index (κ1) is 11.5. The highest BCUT2D eigenvalue weighted by atomic mass is 127. The first-order valence-electron chi connectivity index (χ1n) is 4.28. The molecule has 16 heavy (non-hydrogen) atoms. The summed E-state index contributed by atoms with van der Waals surface area (Å²) in [5.41, 5.74) is 0.252. The Hall–Kier alpha value is -0.950. The Bertz CT molecular complexity index is 600. The molecule has 1 heterocycles. The summed E-state index contributed by atoms with van der Waals surface area (Å²) in [5, 5.41) is 0.212. The Morgan fingerprint density at radius 2 is 2.19 bits per heavy atom. The molecule has 0 bridgehead atoms. The Morgan fingerprint density at radius 1 is 1.44 bits per heavy atom. The van der Waals surface area contributed by atoms with Gasteiger partial charge >= 0.3 is 0 Å². The van der Waals surface area contributed by atoms with Gasteiger partial charge in [-0.3, -0.25) is 4.79 Å². The predicted molar refractivity (Wildman–Crippen MR) is 68.0 cm³/mol. The fraction of sp³-hybridized carbons (Fsp3) is 0.